The molecule has 0 spiro atoms. The zero-order chi connectivity index (χ0) is 15.9. The fraction of sp³-hybridized carbons (Fsp3) is 0.533. The minimum Gasteiger partial charge on any atom is -0.406 e. The summed E-state index contributed by atoms with van der Waals surface area (Å²) in [4.78, 5) is 13.9. The maximum absolute atomic E-state index is 12.3. The Morgan fingerprint density at radius 2 is 1.95 bits per heavy atom. The highest BCUT2D eigenvalue weighted by Gasteiger charge is 2.31. The number of benzene rings is 1. The van der Waals surface area contributed by atoms with Crippen molar-refractivity contribution in [2.24, 2.45) is 0 Å². The van der Waals surface area contributed by atoms with Crippen LogP contribution in [0.25, 0.3) is 0 Å². The molecule has 0 aliphatic heterocycles. The van der Waals surface area contributed by atoms with Gasteiger partial charge in [0.15, 0.2) is 0 Å². The maximum Gasteiger partial charge on any atom is 0.573 e. The molecule has 0 saturated carbocycles. The number of ether oxygens (including phenoxy) is 1. The molecule has 1 rings (SSSR count). The summed E-state index contributed by atoms with van der Waals surface area (Å²) in [6.45, 7) is 5.04. The zero-order valence-corrected chi connectivity index (χ0v) is 12.2. The molecule has 0 atom stereocenters. The molecule has 0 bridgehead atoms. The van der Waals surface area contributed by atoms with Crippen LogP contribution < -0.4 is 4.74 Å². The van der Waals surface area contributed by atoms with Crippen LogP contribution in [0.2, 0.25) is 0 Å². The molecule has 1 aromatic rings. The summed E-state index contributed by atoms with van der Waals surface area (Å²) in [7, 11) is 0. The average molecular weight is 303 g/mol. The lowest BCUT2D eigenvalue weighted by Gasteiger charge is -2.21. The van der Waals surface area contributed by atoms with Gasteiger partial charge in [0.05, 0.1) is 0 Å². The van der Waals surface area contributed by atoms with E-state index in [1.165, 1.54) is 18.2 Å². The van der Waals surface area contributed by atoms with E-state index in [1.807, 2.05) is 6.92 Å². The fourth-order valence-electron chi connectivity index (χ4n) is 1.96. The second-order valence-corrected chi connectivity index (χ2v) is 4.67. The number of hydrogen-bond donors (Lipinski definition) is 0. The number of rotatable bonds is 7. The highest BCUT2D eigenvalue weighted by atomic mass is 19.4. The van der Waals surface area contributed by atoms with Gasteiger partial charge in [-0.15, -0.1) is 13.2 Å². The van der Waals surface area contributed by atoms with Gasteiger partial charge in [-0.25, -0.2) is 0 Å². The first-order chi connectivity index (χ1) is 9.87. The van der Waals surface area contributed by atoms with Crippen LogP contribution in [0.1, 0.15) is 43.5 Å². The summed E-state index contributed by atoms with van der Waals surface area (Å²) in [5, 5.41) is 0. The van der Waals surface area contributed by atoms with Crippen molar-refractivity contribution in [3.8, 4) is 5.75 Å². The molecule has 0 fully saturated rings. The Balaban J connectivity index is 2.78. The molecule has 0 aliphatic rings. The molecule has 0 radical (unpaired) electrons. The number of carbonyl (C=O) groups is 1. The van der Waals surface area contributed by atoms with Crippen molar-refractivity contribution in [1.29, 1.82) is 0 Å². The van der Waals surface area contributed by atoms with E-state index in [4.69, 9.17) is 0 Å². The van der Waals surface area contributed by atoms with Gasteiger partial charge in [-0.05, 0) is 31.5 Å². The Bertz CT molecular complexity index is 460. The Morgan fingerprint density at radius 3 is 2.52 bits per heavy atom. The molecule has 0 aromatic heterocycles. The number of amides is 1. The fourth-order valence-corrected chi connectivity index (χ4v) is 1.96. The van der Waals surface area contributed by atoms with Gasteiger partial charge < -0.3 is 9.64 Å². The molecule has 1 aromatic carbocycles. The van der Waals surface area contributed by atoms with E-state index < -0.39 is 6.36 Å². The van der Waals surface area contributed by atoms with Gasteiger partial charge in [-0.3, -0.25) is 4.79 Å². The molecule has 0 unspecified atom stereocenters. The second kappa shape index (κ2) is 7.90. The summed E-state index contributed by atoms with van der Waals surface area (Å²) in [5.74, 6) is -0.654. The number of unbranched alkanes of at least 4 members (excludes halogenated alkanes) is 2. The standard InChI is InChI=1S/C15H20F3NO2/c1-3-5-6-10-19(4-2)14(20)12-8-7-9-13(11-12)21-15(16,17)18/h7-9,11H,3-6,10H2,1-2H3. The summed E-state index contributed by atoms with van der Waals surface area (Å²) in [6.07, 6.45) is -1.82. The van der Waals surface area contributed by atoms with Crippen LogP contribution in [0.4, 0.5) is 13.2 Å². The predicted octanol–water partition coefficient (Wildman–Crippen LogP) is 4.24. The van der Waals surface area contributed by atoms with Crippen LogP contribution in [0.3, 0.4) is 0 Å². The largest absolute Gasteiger partial charge is 0.573 e. The minimum absolute atomic E-state index is 0.204. The van der Waals surface area contributed by atoms with E-state index in [9.17, 15) is 18.0 Å². The zero-order valence-electron chi connectivity index (χ0n) is 12.2. The predicted molar refractivity (Wildman–Crippen MR) is 74.2 cm³/mol. The van der Waals surface area contributed by atoms with Crippen molar-refractivity contribution < 1.29 is 22.7 Å². The van der Waals surface area contributed by atoms with Crippen LogP contribution in [0.5, 0.6) is 5.75 Å². The van der Waals surface area contributed by atoms with Gasteiger partial charge in [0.25, 0.3) is 5.91 Å². The van der Waals surface area contributed by atoms with Gasteiger partial charge in [0, 0.05) is 18.7 Å². The van der Waals surface area contributed by atoms with Crippen molar-refractivity contribution in [2.75, 3.05) is 13.1 Å². The van der Waals surface area contributed by atoms with E-state index in [-0.39, 0.29) is 17.2 Å². The first kappa shape index (κ1) is 17.3. The molecule has 6 heteroatoms. The van der Waals surface area contributed by atoms with Crippen LogP contribution in [-0.2, 0) is 0 Å². The van der Waals surface area contributed by atoms with Crippen molar-refractivity contribution in [1.82, 2.24) is 4.90 Å². The number of halogens is 3. The minimum atomic E-state index is -4.76. The molecule has 0 heterocycles. The Kier molecular flexibility index (Phi) is 6.52. The lowest BCUT2D eigenvalue weighted by molar-refractivity contribution is -0.274. The molecule has 0 saturated heterocycles. The van der Waals surface area contributed by atoms with E-state index in [1.54, 1.807) is 4.90 Å². The van der Waals surface area contributed by atoms with E-state index in [2.05, 4.69) is 11.7 Å². The van der Waals surface area contributed by atoms with E-state index >= 15 is 0 Å². The number of hydrogen-bond acceptors (Lipinski definition) is 2. The van der Waals surface area contributed by atoms with Gasteiger partial charge in [0.1, 0.15) is 5.75 Å². The van der Waals surface area contributed by atoms with Gasteiger partial charge in [0.2, 0.25) is 0 Å². The number of alkyl halides is 3. The Morgan fingerprint density at radius 1 is 1.24 bits per heavy atom. The molecule has 21 heavy (non-hydrogen) atoms. The molecule has 3 nitrogen and oxygen atoms in total. The molecular formula is C15H20F3NO2. The lowest BCUT2D eigenvalue weighted by atomic mass is 10.1. The highest BCUT2D eigenvalue weighted by Crippen LogP contribution is 2.23. The van der Waals surface area contributed by atoms with Gasteiger partial charge >= 0.3 is 6.36 Å². The van der Waals surface area contributed by atoms with Crippen molar-refractivity contribution >= 4 is 5.91 Å². The van der Waals surface area contributed by atoms with Crippen molar-refractivity contribution in [3.63, 3.8) is 0 Å². The maximum atomic E-state index is 12.3. The highest BCUT2D eigenvalue weighted by molar-refractivity contribution is 5.94. The third kappa shape index (κ3) is 6.06. The van der Waals surface area contributed by atoms with Crippen LogP contribution >= 0.6 is 0 Å². The molecule has 1 amide bonds. The van der Waals surface area contributed by atoms with Gasteiger partial charge in [-0.2, -0.15) is 0 Å². The van der Waals surface area contributed by atoms with Crippen molar-refractivity contribution in [2.45, 2.75) is 39.5 Å². The second-order valence-electron chi connectivity index (χ2n) is 4.67. The molecular weight excluding hydrogens is 283 g/mol. The van der Waals surface area contributed by atoms with Crippen LogP contribution in [0.15, 0.2) is 24.3 Å². The average Bonchev–Trinajstić information content (AvgIpc) is 2.41. The first-order valence-electron chi connectivity index (χ1n) is 7.02. The van der Waals surface area contributed by atoms with Crippen LogP contribution in [-0.4, -0.2) is 30.3 Å². The summed E-state index contributed by atoms with van der Waals surface area (Å²) in [5.41, 5.74) is 0.204. The Hall–Kier alpha value is -1.72. The van der Waals surface area contributed by atoms with Crippen molar-refractivity contribution in [3.05, 3.63) is 29.8 Å². The Labute approximate surface area is 122 Å². The van der Waals surface area contributed by atoms with Crippen LogP contribution in [0, 0.1) is 0 Å². The molecule has 118 valence electrons. The summed E-state index contributed by atoms with van der Waals surface area (Å²) in [6, 6.07) is 5.18. The summed E-state index contributed by atoms with van der Waals surface area (Å²) >= 11 is 0. The third-order valence-corrected chi connectivity index (χ3v) is 3.02. The molecule has 0 N–H and O–H groups in total. The molecule has 0 aliphatic carbocycles. The number of carbonyl (C=O) groups excluding carboxylic acids is 1. The lowest BCUT2D eigenvalue weighted by Crippen LogP contribution is -2.31. The number of nitrogens with zero attached hydrogens (tertiary/aromatic N) is 1. The topological polar surface area (TPSA) is 29.5 Å². The van der Waals surface area contributed by atoms with E-state index in [0.29, 0.717) is 13.1 Å². The summed E-state index contributed by atoms with van der Waals surface area (Å²) < 4.78 is 40.4. The quantitative estimate of drug-likeness (QED) is 0.705. The first-order valence-corrected chi connectivity index (χ1v) is 7.02. The normalized spacial score (nSPS) is 11.3. The third-order valence-electron chi connectivity index (χ3n) is 3.02. The monoisotopic (exact) mass is 303 g/mol. The SMILES string of the molecule is CCCCCN(CC)C(=O)c1cccc(OC(F)(F)F)c1. The van der Waals surface area contributed by atoms with Gasteiger partial charge in [-0.1, -0.05) is 25.8 Å². The smallest absolute Gasteiger partial charge is 0.406 e. The van der Waals surface area contributed by atoms with E-state index in [0.717, 1.165) is 25.3 Å².